The van der Waals surface area contributed by atoms with Crippen molar-refractivity contribution in [1.82, 2.24) is 10.6 Å². The summed E-state index contributed by atoms with van der Waals surface area (Å²) in [6.45, 7) is 6.80. The van der Waals surface area contributed by atoms with Crippen molar-refractivity contribution >= 4 is 5.96 Å². The highest BCUT2D eigenvalue weighted by Crippen LogP contribution is 2.33. The Labute approximate surface area is 170 Å². The zero-order valence-corrected chi connectivity index (χ0v) is 17.7. The van der Waals surface area contributed by atoms with E-state index in [-0.39, 0.29) is 6.10 Å². The third kappa shape index (κ3) is 8.17. The number of nitrogens with one attached hydrogen (secondary N) is 2. The van der Waals surface area contributed by atoms with Crippen molar-refractivity contribution in [2.75, 3.05) is 53.7 Å². The minimum Gasteiger partial charge on any atom is -0.382 e. The molecule has 2 unspecified atom stereocenters. The van der Waals surface area contributed by atoms with Crippen LogP contribution in [-0.4, -0.2) is 59.6 Å². The third-order valence-electron chi connectivity index (χ3n) is 5.05. The predicted molar refractivity (Wildman–Crippen MR) is 114 cm³/mol. The molecular formula is C22H37N3O3. The Bertz CT molecular complexity index is 563. The van der Waals surface area contributed by atoms with Gasteiger partial charge in [-0.1, -0.05) is 29.8 Å². The maximum absolute atomic E-state index is 6.11. The van der Waals surface area contributed by atoms with Crippen molar-refractivity contribution in [3.63, 3.8) is 0 Å². The molecule has 0 aliphatic carbocycles. The maximum Gasteiger partial charge on any atom is 0.190 e. The van der Waals surface area contributed by atoms with Gasteiger partial charge in [0.05, 0.1) is 19.3 Å². The Hall–Kier alpha value is -1.63. The van der Waals surface area contributed by atoms with E-state index in [0.717, 1.165) is 51.5 Å². The van der Waals surface area contributed by atoms with Crippen LogP contribution < -0.4 is 10.6 Å². The molecule has 0 aromatic heterocycles. The van der Waals surface area contributed by atoms with Gasteiger partial charge in [0.2, 0.25) is 0 Å². The van der Waals surface area contributed by atoms with Crippen molar-refractivity contribution in [2.45, 2.75) is 38.7 Å². The average Bonchev–Trinajstić information content (AvgIpc) is 2.73. The number of nitrogens with zero attached hydrogens (tertiary/aromatic N) is 1. The van der Waals surface area contributed by atoms with Gasteiger partial charge in [-0.15, -0.1) is 0 Å². The standard InChI is InChI=1S/C22H37N3O3/c1-18-8-10-19(11-9-18)21-20(7-6-14-28-21)17-25-22(23-2)24-12-4-5-13-27-16-15-26-3/h8-11,20-21H,4-7,12-17H2,1-3H3,(H2,23,24,25). The topological polar surface area (TPSA) is 64.1 Å². The van der Waals surface area contributed by atoms with Gasteiger partial charge >= 0.3 is 0 Å². The normalized spacial score (nSPS) is 20.2. The van der Waals surface area contributed by atoms with E-state index in [1.807, 2.05) is 7.05 Å². The Morgan fingerprint density at radius 3 is 2.71 bits per heavy atom. The molecule has 1 aromatic rings. The van der Waals surface area contributed by atoms with Crippen LogP contribution in [0.2, 0.25) is 0 Å². The molecule has 0 bridgehead atoms. The Morgan fingerprint density at radius 1 is 1.14 bits per heavy atom. The molecule has 0 amide bonds. The number of benzene rings is 1. The van der Waals surface area contributed by atoms with Gasteiger partial charge in [-0.3, -0.25) is 4.99 Å². The fourth-order valence-electron chi connectivity index (χ4n) is 3.41. The largest absolute Gasteiger partial charge is 0.382 e. The van der Waals surface area contributed by atoms with E-state index in [4.69, 9.17) is 14.2 Å². The van der Waals surface area contributed by atoms with Crippen molar-refractivity contribution in [1.29, 1.82) is 0 Å². The molecule has 0 radical (unpaired) electrons. The summed E-state index contributed by atoms with van der Waals surface area (Å²) in [5.74, 6) is 1.30. The number of rotatable bonds is 11. The average molecular weight is 392 g/mol. The first-order valence-corrected chi connectivity index (χ1v) is 10.4. The monoisotopic (exact) mass is 391 g/mol. The molecule has 0 spiro atoms. The number of unbranched alkanes of at least 4 members (excludes halogenated alkanes) is 1. The molecule has 28 heavy (non-hydrogen) atoms. The van der Waals surface area contributed by atoms with Gasteiger partial charge in [-0.05, 0) is 38.2 Å². The van der Waals surface area contributed by atoms with E-state index in [0.29, 0.717) is 19.1 Å². The van der Waals surface area contributed by atoms with Crippen molar-refractivity contribution in [3.05, 3.63) is 35.4 Å². The lowest BCUT2D eigenvalue weighted by atomic mass is 9.89. The van der Waals surface area contributed by atoms with Crippen molar-refractivity contribution in [2.24, 2.45) is 10.9 Å². The van der Waals surface area contributed by atoms with Crippen LogP contribution in [0.1, 0.15) is 42.9 Å². The molecule has 1 fully saturated rings. The summed E-state index contributed by atoms with van der Waals surface area (Å²) in [6, 6.07) is 8.72. The van der Waals surface area contributed by atoms with Crippen LogP contribution >= 0.6 is 0 Å². The van der Waals surface area contributed by atoms with Crippen LogP contribution in [0, 0.1) is 12.8 Å². The van der Waals surface area contributed by atoms with E-state index in [1.54, 1.807) is 7.11 Å². The highest BCUT2D eigenvalue weighted by Gasteiger charge is 2.27. The molecule has 2 rings (SSSR count). The molecule has 2 N–H and O–H groups in total. The van der Waals surface area contributed by atoms with Crippen LogP contribution in [0.25, 0.3) is 0 Å². The molecule has 1 aromatic carbocycles. The first kappa shape index (κ1) is 22.7. The number of ether oxygens (including phenoxy) is 3. The quantitative estimate of drug-likeness (QED) is 0.345. The van der Waals surface area contributed by atoms with Crippen LogP contribution in [0.3, 0.4) is 0 Å². The second-order valence-electron chi connectivity index (χ2n) is 7.30. The highest BCUT2D eigenvalue weighted by atomic mass is 16.5. The van der Waals surface area contributed by atoms with Gasteiger partial charge < -0.3 is 24.8 Å². The summed E-state index contributed by atoms with van der Waals surface area (Å²) in [7, 11) is 3.51. The lowest BCUT2D eigenvalue weighted by Gasteiger charge is -2.32. The third-order valence-corrected chi connectivity index (χ3v) is 5.05. The van der Waals surface area contributed by atoms with E-state index in [2.05, 4.69) is 46.8 Å². The molecule has 158 valence electrons. The van der Waals surface area contributed by atoms with Crippen LogP contribution in [-0.2, 0) is 14.2 Å². The van der Waals surface area contributed by atoms with Crippen LogP contribution in [0.4, 0.5) is 0 Å². The van der Waals surface area contributed by atoms with Gasteiger partial charge in [0.15, 0.2) is 5.96 Å². The second-order valence-corrected chi connectivity index (χ2v) is 7.30. The first-order valence-electron chi connectivity index (χ1n) is 10.4. The van der Waals surface area contributed by atoms with E-state index in [9.17, 15) is 0 Å². The molecule has 1 heterocycles. The lowest BCUT2D eigenvalue weighted by Crippen LogP contribution is -2.42. The first-order chi connectivity index (χ1) is 13.7. The summed E-state index contributed by atoms with van der Waals surface area (Å²) in [5.41, 5.74) is 2.55. The van der Waals surface area contributed by atoms with Crippen LogP contribution in [0.15, 0.2) is 29.3 Å². The number of guanidine groups is 1. The van der Waals surface area contributed by atoms with Gasteiger partial charge in [0.25, 0.3) is 0 Å². The van der Waals surface area contributed by atoms with E-state index < -0.39 is 0 Å². The van der Waals surface area contributed by atoms with Gasteiger partial charge in [-0.2, -0.15) is 0 Å². The zero-order valence-electron chi connectivity index (χ0n) is 17.7. The number of hydrogen-bond donors (Lipinski definition) is 2. The summed E-state index contributed by atoms with van der Waals surface area (Å²) in [4.78, 5) is 4.35. The number of methoxy groups -OCH3 is 1. The molecule has 6 nitrogen and oxygen atoms in total. The summed E-state index contributed by atoms with van der Waals surface area (Å²) in [5, 5.41) is 6.87. The minimum atomic E-state index is 0.157. The van der Waals surface area contributed by atoms with Gasteiger partial charge in [-0.25, -0.2) is 0 Å². The summed E-state index contributed by atoms with van der Waals surface area (Å²) < 4.78 is 16.6. The molecule has 1 aliphatic heterocycles. The molecule has 6 heteroatoms. The fourth-order valence-corrected chi connectivity index (χ4v) is 3.41. The Kier molecular flexibility index (Phi) is 10.9. The predicted octanol–water partition coefficient (Wildman–Crippen LogP) is 3.07. The summed E-state index contributed by atoms with van der Waals surface area (Å²) >= 11 is 0. The SMILES string of the molecule is CN=C(NCCCCOCCOC)NCC1CCCOC1c1ccc(C)cc1. The molecule has 1 aliphatic rings. The number of hydrogen-bond acceptors (Lipinski definition) is 4. The molecular weight excluding hydrogens is 354 g/mol. The molecule has 1 saturated heterocycles. The van der Waals surface area contributed by atoms with Crippen LogP contribution in [0.5, 0.6) is 0 Å². The van der Waals surface area contributed by atoms with Crippen molar-refractivity contribution in [3.8, 4) is 0 Å². The van der Waals surface area contributed by atoms with Gasteiger partial charge in [0, 0.05) is 46.4 Å². The number of aryl methyl sites for hydroxylation is 1. The highest BCUT2D eigenvalue weighted by molar-refractivity contribution is 5.79. The fraction of sp³-hybridized carbons (Fsp3) is 0.682. The molecule has 2 atom stereocenters. The molecule has 0 saturated carbocycles. The number of aliphatic imine (C=N–C) groups is 1. The zero-order chi connectivity index (χ0) is 20.0. The Balaban J connectivity index is 1.70. The van der Waals surface area contributed by atoms with E-state index in [1.165, 1.54) is 17.5 Å². The van der Waals surface area contributed by atoms with E-state index >= 15 is 0 Å². The second kappa shape index (κ2) is 13.5. The summed E-state index contributed by atoms with van der Waals surface area (Å²) in [6.07, 6.45) is 4.51. The lowest BCUT2D eigenvalue weighted by molar-refractivity contribution is -0.0265. The van der Waals surface area contributed by atoms with Gasteiger partial charge in [0.1, 0.15) is 0 Å². The maximum atomic E-state index is 6.11. The van der Waals surface area contributed by atoms with Crippen molar-refractivity contribution < 1.29 is 14.2 Å². The minimum absolute atomic E-state index is 0.157. The Morgan fingerprint density at radius 2 is 1.96 bits per heavy atom. The smallest absolute Gasteiger partial charge is 0.190 e.